The number of para-hydroxylation sites is 1. The summed E-state index contributed by atoms with van der Waals surface area (Å²) < 4.78 is 0. The van der Waals surface area contributed by atoms with Crippen LogP contribution in [0.4, 0.5) is 5.82 Å². The van der Waals surface area contributed by atoms with Crippen LogP contribution in [0.3, 0.4) is 0 Å². The lowest BCUT2D eigenvalue weighted by Crippen LogP contribution is -2.24. The van der Waals surface area contributed by atoms with Crippen molar-refractivity contribution in [2.24, 2.45) is 0 Å². The summed E-state index contributed by atoms with van der Waals surface area (Å²) in [6, 6.07) is 21.1. The summed E-state index contributed by atoms with van der Waals surface area (Å²) >= 11 is 0. The smallest absolute Gasteiger partial charge is 0.126 e. The van der Waals surface area contributed by atoms with Gasteiger partial charge in [-0.05, 0) is 35.7 Å². The van der Waals surface area contributed by atoms with Crippen LogP contribution >= 0.6 is 0 Å². The minimum absolute atomic E-state index is 0.625. The van der Waals surface area contributed by atoms with Gasteiger partial charge in [-0.1, -0.05) is 42.5 Å². The van der Waals surface area contributed by atoms with Gasteiger partial charge in [-0.15, -0.1) is 0 Å². The molecular formula is C18H16N2. The van der Waals surface area contributed by atoms with Gasteiger partial charge in [0.15, 0.2) is 0 Å². The van der Waals surface area contributed by atoms with Crippen molar-refractivity contribution in [1.82, 2.24) is 4.98 Å². The Kier molecular flexibility index (Phi) is 2.66. The van der Waals surface area contributed by atoms with Crippen LogP contribution in [-0.2, 0) is 6.42 Å². The number of anilines is 1. The van der Waals surface area contributed by atoms with E-state index in [1.807, 2.05) is 12.1 Å². The van der Waals surface area contributed by atoms with Crippen molar-refractivity contribution in [2.75, 3.05) is 11.9 Å². The maximum absolute atomic E-state index is 4.65. The van der Waals surface area contributed by atoms with E-state index in [1.165, 1.54) is 22.9 Å². The number of nitrogens with zero attached hydrogens (tertiary/aromatic N) is 1. The summed E-state index contributed by atoms with van der Waals surface area (Å²) in [7, 11) is 0. The summed E-state index contributed by atoms with van der Waals surface area (Å²) in [5.74, 6) is 1.59. The Morgan fingerprint density at radius 2 is 1.80 bits per heavy atom. The first-order chi connectivity index (χ1) is 9.90. The fraction of sp³-hybridized carbons (Fsp3) is 0.167. The van der Waals surface area contributed by atoms with E-state index in [2.05, 4.69) is 58.8 Å². The molecule has 1 aromatic heterocycles. The van der Waals surface area contributed by atoms with Crippen LogP contribution in [0.1, 0.15) is 17.0 Å². The Hall–Kier alpha value is -2.35. The summed E-state index contributed by atoms with van der Waals surface area (Å²) in [5.41, 5.74) is 4.03. The monoisotopic (exact) mass is 260 g/mol. The third kappa shape index (κ3) is 1.94. The number of hydrogen-bond donors (Lipinski definition) is 1. The summed E-state index contributed by atoms with van der Waals surface area (Å²) in [4.78, 5) is 4.65. The zero-order chi connectivity index (χ0) is 13.4. The average Bonchev–Trinajstić information content (AvgIpc) is 2.48. The van der Waals surface area contributed by atoms with Gasteiger partial charge in [0.05, 0.1) is 5.52 Å². The van der Waals surface area contributed by atoms with E-state index in [1.54, 1.807) is 0 Å². The highest BCUT2D eigenvalue weighted by molar-refractivity contribution is 5.80. The lowest BCUT2D eigenvalue weighted by Gasteiger charge is -2.30. The van der Waals surface area contributed by atoms with Gasteiger partial charge in [0.25, 0.3) is 0 Å². The van der Waals surface area contributed by atoms with E-state index in [9.17, 15) is 0 Å². The molecule has 0 spiro atoms. The number of nitrogens with one attached hydrogen (secondary N) is 1. The fourth-order valence-corrected chi connectivity index (χ4v) is 2.94. The van der Waals surface area contributed by atoms with Crippen molar-refractivity contribution in [2.45, 2.75) is 12.3 Å². The Morgan fingerprint density at radius 3 is 2.75 bits per heavy atom. The molecule has 2 heteroatoms. The van der Waals surface area contributed by atoms with Gasteiger partial charge in [-0.2, -0.15) is 0 Å². The lowest BCUT2D eigenvalue weighted by atomic mass is 9.77. The Balaban J connectivity index is 1.49. The Bertz CT molecular complexity index is 764. The molecule has 2 nitrogen and oxygen atoms in total. The third-order valence-electron chi connectivity index (χ3n) is 4.09. The SMILES string of the molecule is c1ccc2c(c1)CC2CNc1ccc2ccccc2n1. The second kappa shape index (κ2) is 4.64. The highest BCUT2D eigenvalue weighted by atomic mass is 15.0. The molecular weight excluding hydrogens is 244 g/mol. The van der Waals surface area contributed by atoms with Crippen LogP contribution in [0.2, 0.25) is 0 Å². The normalized spacial score (nSPS) is 16.5. The number of rotatable bonds is 3. The maximum Gasteiger partial charge on any atom is 0.126 e. The molecule has 3 aromatic rings. The Labute approximate surface area is 118 Å². The van der Waals surface area contributed by atoms with Crippen LogP contribution in [0.25, 0.3) is 10.9 Å². The minimum Gasteiger partial charge on any atom is -0.369 e. The molecule has 1 N–H and O–H groups in total. The quantitative estimate of drug-likeness (QED) is 0.770. The van der Waals surface area contributed by atoms with E-state index < -0.39 is 0 Å². The zero-order valence-corrected chi connectivity index (χ0v) is 11.2. The van der Waals surface area contributed by atoms with E-state index >= 15 is 0 Å². The molecule has 1 atom stereocenters. The summed E-state index contributed by atoms with van der Waals surface area (Å²) in [6.07, 6.45) is 1.18. The number of hydrogen-bond acceptors (Lipinski definition) is 2. The van der Waals surface area contributed by atoms with Gasteiger partial charge in [0.1, 0.15) is 5.82 Å². The molecule has 0 radical (unpaired) electrons. The summed E-state index contributed by atoms with van der Waals surface area (Å²) in [5, 5.41) is 4.66. The van der Waals surface area contributed by atoms with E-state index in [0.29, 0.717) is 5.92 Å². The fourth-order valence-electron chi connectivity index (χ4n) is 2.94. The van der Waals surface area contributed by atoms with Crippen molar-refractivity contribution < 1.29 is 0 Å². The van der Waals surface area contributed by atoms with Gasteiger partial charge >= 0.3 is 0 Å². The second-order valence-corrected chi connectivity index (χ2v) is 5.37. The molecule has 0 fully saturated rings. The summed E-state index contributed by atoms with van der Waals surface area (Å²) in [6.45, 7) is 0.961. The van der Waals surface area contributed by atoms with Crippen molar-refractivity contribution in [1.29, 1.82) is 0 Å². The topological polar surface area (TPSA) is 24.9 Å². The van der Waals surface area contributed by atoms with Crippen molar-refractivity contribution in [3.8, 4) is 0 Å². The molecule has 1 aliphatic carbocycles. The van der Waals surface area contributed by atoms with Gasteiger partial charge in [-0.3, -0.25) is 0 Å². The Morgan fingerprint density at radius 1 is 0.950 bits per heavy atom. The van der Waals surface area contributed by atoms with Gasteiger partial charge in [-0.25, -0.2) is 4.98 Å². The molecule has 1 aliphatic rings. The molecule has 20 heavy (non-hydrogen) atoms. The van der Waals surface area contributed by atoms with Crippen LogP contribution in [-0.4, -0.2) is 11.5 Å². The van der Waals surface area contributed by atoms with Gasteiger partial charge in [0, 0.05) is 17.8 Å². The largest absolute Gasteiger partial charge is 0.369 e. The van der Waals surface area contributed by atoms with E-state index in [4.69, 9.17) is 0 Å². The molecule has 2 aromatic carbocycles. The van der Waals surface area contributed by atoms with Crippen LogP contribution in [0, 0.1) is 0 Å². The second-order valence-electron chi connectivity index (χ2n) is 5.37. The number of aromatic nitrogens is 1. The predicted octanol–water partition coefficient (Wildman–Crippen LogP) is 3.99. The molecule has 0 saturated heterocycles. The highest BCUT2D eigenvalue weighted by Crippen LogP contribution is 2.34. The molecule has 0 saturated carbocycles. The maximum atomic E-state index is 4.65. The minimum atomic E-state index is 0.625. The standard InChI is InChI=1S/C18H16N2/c1-3-7-16-14(6-1)11-15(16)12-19-18-10-9-13-5-2-4-8-17(13)20-18/h1-10,15H,11-12H2,(H,19,20). The van der Waals surface area contributed by atoms with Crippen molar-refractivity contribution in [3.63, 3.8) is 0 Å². The van der Waals surface area contributed by atoms with E-state index in [-0.39, 0.29) is 0 Å². The predicted molar refractivity (Wildman–Crippen MR) is 83.1 cm³/mol. The van der Waals surface area contributed by atoms with Crippen molar-refractivity contribution >= 4 is 16.7 Å². The van der Waals surface area contributed by atoms with Gasteiger partial charge < -0.3 is 5.32 Å². The molecule has 4 rings (SSSR count). The molecule has 98 valence electrons. The molecule has 1 unspecified atom stereocenters. The first kappa shape index (κ1) is 11.5. The zero-order valence-electron chi connectivity index (χ0n) is 11.2. The first-order valence-corrected chi connectivity index (χ1v) is 7.07. The van der Waals surface area contributed by atoms with Crippen LogP contribution < -0.4 is 5.32 Å². The average molecular weight is 260 g/mol. The van der Waals surface area contributed by atoms with Crippen LogP contribution in [0.5, 0.6) is 0 Å². The lowest BCUT2D eigenvalue weighted by molar-refractivity contribution is 0.635. The highest BCUT2D eigenvalue weighted by Gasteiger charge is 2.24. The molecule has 1 heterocycles. The molecule has 0 bridgehead atoms. The third-order valence-corrected chi connectivity index (χ3v) is 4.09. The number of pyridine rings is 1. The molecule has 0 aliphatic heterocycles. The first-order valence-electron chi connectivity index (χ1n) is 7.07. The van der Waals surface area contributed by atoms with E-state index in [0.717, 1.165) is 17.9 Å². The van der Waals surface area contributed by atoms with Gasteiger partial charge in [0.2, 0.25) is 0 Å². The number of fused-ring (bicyclic) bond motifs is 2. The molecule has 0 amide bonds. The number of benzene rings is 2. The van der Waals surface area contributed by atoms with Crippen LogP contribution in [0.15, 0.2) is 60.7 Å². The van der Waals surface area contributed by atoms with Crippen molar-refractivity contribution in [3.05, 3.63) is 71.8 Å².